The van der Waals surface area contributed by atoms with Crippen molar-refractivity contribution in [3.63, 3.8) is 0 Å². The van der Waals surface area contributed by atoms with Gasteiger partial charge in [0.05, 0.1) is 12.4 Å². The van der Waals surface area contributed by atoms with Gasteiger partial charge in [-0.05, 0) is 6.07 Å². The highest BCUT2D eigenvalue weighted by Crippen LogP contribution is 2.33. The Kier molecular flexibility index (Phi) is 1.76. The molecule has 1 N–H and O–H groups in total. The standard InChI is InChI=1S/C7H7F3N4/c1-14-3-11-4-2-5(7(8,9)10)12-13-6(4)14/h2,11H,3H2,1H3. The van der Waals surface area contributed by atoms with Crippen molar-refractivity contribution in [1.29, 1.82) is 0 Å². The lowest BCUT2D eigenvalue weighted by molar-refractivity contribution is -0.141. The van der Waals surface area contributed by atoms with Gasteiger partial charge in [0.25, 0.3) is 0 Å². The Balaban J connectivity index is 2.42. The molecule has 2 heterocycles. The summed E-state index contributed by atoms with van der Waals surface area (Å²) < 4.78 is 36.6. The first-order valence-electron chi connectivity index (χ1n) is 3.88. The molecule has 0 saturated carbocycles. The van der Waals surface area contributed by atoms with E-state index in [9.17, 15) is 13.2 Å². The quantitative estimate of drug-likeness (QED) is 0.691. The molecule has 0 aliphatic carbocycles. The first kappa shape index (κ1) is 9.04. The average molecular weight is 204 g/mol. The molecule has 1 aliphatic rings. The molecular weight excluding hydrogens is 197 g/mol. The highest BCUT2D eigenvalue weighted by molar-refractivity contribution is 5.69. The molecule has 7 heteroatoms. The van der Waals surface area contributed by atoms with E-state index in [1.807, 2.05) is 0 Å². The molecule has 0 atom stereocenters. The Morgan fingerprint density at radius 2 is 2.14 bits per heavy atom. The normalized spacial score (nSPS) is 15.3. The molecule has 14 heavy (non-hydrogen) atoms. The monoisotopic (exact) mass is 204 g/mol. The SMILES string of the molecule is CN1CNc2cc(C(F)(F)F)nnc21. The summed E-state index contributed by atoms with van der Waals surface area (Å²) in [5.74, 6) is 0.443. The molecule has 0 unspecified atom stereocenters. The van der Waals surface area contributed by atoms with Crippen LogP contribution < -0.4 is 10.2 Å². The minimum Gasteiger partial charge on any atom is -0.365 e. The first-order valence-corrected chi connectivity index (χ1v) is 3.88. The zero-order chi connectivity index (χ0) is 10.3. The number of alkyl halides is 3. The number of nitrogens with one attached hydrogen (secondary N) is 1. The zero-order valence-corrected chi connectivity index (χ0v) is 7.26. The van der Waals surface area contributed by atoms with E-state index >= 15 is 0 Å². The Bertz CT molecular complexity index is 362. The van der Waals surface area contributed by atoms with E-state index in [-0.39, 0.29) is 0 Å². The van der Waals surface area contributed by atoms with E-state index in [0.717, 1.165) is 6.07 Å². The van der Waals surface area contributed by atoms with Crippen LogP contribution in [0.5, 0.6) is 0 Å². The molecule has 0 spiro atoms. The van der Waals surface area contributed by atoms with Crippen molar-refractivity contribution in [1.82, 2.24) is 10.2 Å². The van der Waals surface area contributed by atoms with Crippen LogP contribution in [0.15, 0.2) is 6.07 Å². The highest BCUT2D eigenvalue weighted by Gasteiger charge is 2.34. The second-order valence-electron chi connectivity index (χ2n) is 3.00. The van der Waals surface area contributed by atoms with Crippen molar-refractivity contribution in [3.05, 3.63) is 11.8 Å². The van der Waals surface area contributed by atoms with Crippen molar-refractivity contribution < 1.29 is 13.2 Å². The predicted molar refractivity (Wildman–Crippen MR) is 43.9 cm³/mol. The van der Waals surface area contributed by atoms with Crippen LogP contribution in [0.1, 0.15) is 5.69 Å². The number of anilines is 2. The Morgan fingerprint density at radius 1 is 1.43 bits per heavy atom. The van der Waals surface area contributed by atoms with Gasteiger partial charge in [0.15, 0.2) is 11.5 Å². The third kappa shape index (κ3) is 1.34. The van der Waals surface area contributed by atoms with Gasteiger partial charge < -0.3 is 10.2 Å². The van der Waals surface area contributed by atoms with Crippen LogP contribution >= 0.6 is 0 Å². The van der Waals surface area contributed by atoms with Gasteiger partial charge in [-0.1, -0.05) is 0 Å². The van der Waals surface area contributed by atoms with E-state index in [0.29, 0.717) is 18.2 Å². The fourth-order valence-electron chi connectivity index (χ4n) is 1.21. The number of aromatic nitrogens is 2. The summed E-state index contributed by atoms with van der Waals surface area (Å²) in [5, 5.41) is 9.40. The van der Waals surface area contributed by atoms with Crippen LogP contribution in [0.4, 0.5) is 24.7 Å². The van der Waals surface area contributed by atoms with Crippen LogP contribution in [0, 0.1) is 0 Å². The summed E-state index contributed by atoms with van der Waals surface area (Å²) in [6.45, 7) is 0.450. The maximum Gasteiger partial charge on any atom is 0.435 e. The van der Waals surface area contributed by atoms with Gasteiger partial charge in [-0.15, -0.1) is 10.2 Å². The molecule has 0 bridgehead atoms. The number of nitrogens with zero attached hydrogens (tertiary/aromatic N) is 3. The van der Waals surface area contributed by atoms with Gasteiger partial charge >= 0.3 is 6.18 Å². The Hall–Kier alpha value is -1.53. The number of rotatable bonds is 0. The molecule has 0 amide bonds. The minimum absolute atomic E-state index is 0.370. The average Bonchev–Trinajstić information content (AvgIpc) is 2.46. The number of hydrogen-bond donors (Lipinski definition) is 1. The summed E-state index contributed by atoms with van der Waals surface area (Å²) in [4.78, 5) is 1.68. The highest BCUT2D eigenvalue weighted by atomic mass is 19.4. The van der Waals surface area contributed by atoms with Crippen molar-refractivity contribution in [2.24, 2.45) is 0 Å². The van der Waals surface area contributed by atoms with Gasteiger partial charge in [0.2, 0.25) is 0 Å². The van der Waals surface area contributed by atoms with Gasteiger partial charge in [-0.2, -0.15) is 13.2 Å². The van der Waals surface area contributed by atoms with Crippen molar-refractivity contribution >= 4 is 11.5 Å². The topological polar surface area (TPSA) is 41.0 Å². The maximum absolute atomic E-state index is 12.2. The summed E-state index contributed by atoms with van der Waals surface area (Å²) in [7, 11) is 1.72. The minimum atomic E-state index is -4.44. The summed E-state index contributed by atoms with van der Waals surface area (Å²) in [5.41, 5.74) is -0.603. The first-order chi connectivity index (χ1) is 6.48. The number of halogens is 3. The lowest BCUT2D eigenvalue weighted by Crippen LogP contribution is -2.17. The summed E-state index contributed by atoms with van der Waals surface area (Å²) in [6, 6.07) is 0.964. The summed E-state index contributed by atoms with van der Waals surface area (Å²) in [6.07, 6.45) is -4.44. The molecule has 0 fully saturated rings. The zero-order valence-electron chi connectivity index (χ0n) is 7.26. The van der Waals surface area contributed by atoms with E-state index in [1.165, 1.54) is 0 Å². The largest absolute Gasteiger partial charge is 0.435 e. The van der Waals surface area contributed by atoms with E-state index < -0.39 is 11.9 Å². The molecule has 1 aromatic rings. The maximum atomic E-state index is 12.2. The van der Waals surface area contributed by atoms with Crippen molar-refractivity contribution in [3.8, 4) is 0 Å². The molecular formula is C7H7F3N4. The predicted octanol–water partition coefficient (Wildman–Crippen LogP) is 1.31. The third-order valence-corrected chi connectivity index (χ3v) is 1.93. The van der Waals surface area contributed by atoms with Crippen LogP contribution in [0.2, 0.25) is 0 Å². The lowest BCUT2D eigenvalue weighted by Gasteiger charge is -2.08. The molecule has 1 aliphatic heterocycles. The Morgan fingerprint density at radius 3 is 2.79 bits per heavy atom. The molecule has 0 aromatic carbocycles. The van der Waals surface area contributed by atoms with E-state index in [4.69, 9.17) is 0 Å². The van der Waals surface area contributed by atoms with Gasteiger partial charge in [0.1, 0.15) is 0 Å². The van der Waals surface area contributed by atoms with E-state index in [1.54, 1.807) is 11.9 Å². The van der Waals surface area contributed by atoms with Gasteiger partial charge in [-0.3, -0.25) is 0 Å². The van der Waals surface area contributed by atoms with Crippen molar-refractivity contribution in [2.75, 3.05) is 23.9 Å². The number of hydrogen-bond acceptors (Lipinski definition) is 4. The van der Waals surface area contributed by atoms with E-state index in [2.05, 4.69) is 15.5 Å². The second kappa shape index (κ2) is 2.73. The van der Waals surface area contributed by atoms with Gasteiger partial charge in [-0.25, -0.2) is 0 Å². The lowest BCUT2D eigenvalue weighted by atomic mass is 10.3. The fourth-order valence-corrected chi connectivity index (χ4v) is 1.21. The van der Waals surface area contributed by atoms with Crippen LogP contribution in [0.3, 0.4) is 0 Å². The molecule has 1 aromatic heterocycles. The van der Waals surface area contributed by atoms with Crippen LogP contribution in [0.25, 0.3) is 0 Å². The molecule has 0 saturated heterocycles. The smallest absolute Gasteiger partial charge is 0.365 e. The third-order valence-electron chi connectivity index (χ3n) is 1.93. The molecule has 76 valence electrons. The number of fused-ring (bicyclic) bond motifs is 1. The second-order valence-corrected chi connectivity index (χ2v) is 3.00. The van der Waals surface area contributed by atoms with Crippen molar-refractivity contribution in [2.45, 2.75) is 6.18 Å². The summed E-state index contributed by atoms with van der Waals surface area (Å²) >= 11 is 0. The van der Waals surface area contributed by atoms with Gasteiger partial charge in [0, 0.05) is 7.05 Å². The molecule has 0 radical (unpaired) electrons. The molecule has 4 nitrogen and oxygen atoms in total. The van der Waals surface area contributed by atoms with Crippen LogP contribution in [-0.4, -0.2) is 23.9 Å². The van der Waals surface area contributed by atoms with Crippen LogP contribution in [-0.2, 0) is 6.18 Å². The molecule has 2 rings (SSSR count). The Labute approximate surface area is 77.7 Å². The fraction of sp³-hybridized carbons (Fsp3) is 0.429.